The molecule has 0 saturated carbocycles. The van der Waals surface area contributed by atoms with Crippen LogP contribution in [0.5, 0.6) is 0 Å². The molecule has 7 heteroatoms. The van der Waals surface area contributed by atoms with Crippen LogP contribution in [0.3, 0.4) is 0 Å². The quantitative estimate of drug-likeness (QED) is 0.899. The highest BCUT2D eigenvalue weighted by Gasteiger charge is 2.14. The van der Waals surface area contributed by atoms with E-state index >= 15 is 0 Å². The predicted octanol–water partition coefficient (Wildman–Crippen LogP) is 1.60. The Morgan fingerprint density at radius 3 is 2.57 bits per heavy atom. The van der Waals surface area contributed by atoms with Crippen LogP contribution in [0, 0.1) is 13.8 Å². The van der Waals surface area contributed by atoms with Crippen molar-refractivity contribution in [1.82, 2.24) is 4.98 Å². The largest absolute Gasteiger partial charge is 0.322 e. The molecule has 0 fully saturated rings. The van der Waals surface area contributed by atoms with E-state index in [9.17, 15) is 13.2 Å². The number of nitrogens with zero attached hydrogens (tertiary/aromatic N) is 1. The van der Waals surface area contributed by atoms with Gasteiger partial charge in [-0.05, 0) is 43.7 Å². The highest BCUT2D eigenvalue weighted by Crippen LogP contribution is 2.19. The summed E-state index contributed by atoms with van der Waals surface area (Å²) >= 11 is 0. The third kappa shape index (κ3) is 3.45. The molecule has 6 nitrogen and oxygen atoms in total. The first-order valence-electron chi connectivity index (χ1n) is 6.15. The van der Waals surface area contributed by atoms with Crippen molar-refractivity contribution in [2.45, 2.75) is 18.7 Å². The van der Waals surface area contributed by atoms with Crippen LogP contribution >= 0.6 is 0 Å². The first-order valence-corrected chi connectivity index (χ1v) is 7.70. The third-order valence-corrected chi connectivity index (χ3v) is 4.06. The highest BCUT2D eigenvalue weighted by atomic mass is 32.2. The smallest absolute Gasteiger partial charge is 0.257 e. The number of hydrogen-bond donors (Lipinski definition) is 2. The van der Waals surface area contributed by atoms with E-state index in [0.29, 0.717) is 22.5 Å². The lowest BCUT2D eigenvalue weighted by atomic mass is 10.2. The van der Waals surface area contributed by atoms with E-state index in [-0.39, 0.29) is 10.8 Å². The Morgan fingerprint density at radius 2 is 1.95 bits per heavy atom. The molecule has 2 aromatic rings. The number of rotatable bonds is 3. The minimum atomic E-state index is -3.83. The fourth-order valence-corrected chi connectivity index (χ4v) is 2.72. The van der Waals surface area contributed by atoms with Gasteiger partial charge in [-0.2, -0.15) is 0 Å². The summed E-state index contributed by atoms with van der Waals surface area (Å²) in [4.78, 5) is 16.2. The number of pyridine rings is 1. The van der Waals surface area contributed by atoms with Crippen LogP contribution in [0.15, 0.2) is 41.4 Å². The second kappa shape index (κ2) is 5.63. The molecule has 2 rings (SSSR count). The summed E-state index contributed by atoms with van der Waals surface area (Å²) in [6, 6.07) is 7.85. The summed E-state index contributed by atoms with van der Waals surface area (Å²) in [6.45, 7) is 3.36. The number of sulfonamides is 1. The summed E-state index contributed by atoms with van der Waals surface area (Å²) in [5.41, 5.74) is 1.90. The molecule has 110 valence electrons. The van der Waals surface area contributed by atoms with E-state index in [1.165, 1.54) is 6.07 Å². The van der Waals surface area contributed by atoms with Crippen LogP contribution < -0.4 is 10.5 Å². The number of aromatic nitrogens is 1. The molecular formula is C14H15N3O3S. The van der Waals surface area contributed by atoms with Crippen molar-refractivity contribution in [1.29, 1.82) is 0 Å². The van der Waals surface area contributed by atoms with Crippen LogP contribution in [0.2, 0.25) is 0 Å². The molecule has 0 spiro atoms. The van der Waals surface area contributed by atoms with E-state index in [4.69, 9.17) is 5.14 Å². The minimum Gasteiger partial charge on any atom is -0.322 e. The van der Waals surface area contributed by atoms with Crippen LogP contribution in [-0.4, -0.2) is 19.3 Å². The van der Waals surface area contributed by atoms with Gasteiger partial charge in [-0.25, -0.2) is 13.6 Å². The molecule has 1 aromatic heterocycles. The van der Waals surface area contributed by atoms with Crippen molar-refractivity contribution in [2.75, 3.05) is 5.32 Å². The standard InChI is InChI=1S/C14H15N3O3S/c1-9-5-6-11(8-13(9)21(15,19)20)17-14(18)12-4-3-7-16-10(12)2/h3-8H,1-2H3,(H,17,18)(H2,15,19,20). The van der Waals surface area contributed by atoms with Gasteiger partial charge in [-0.15, -0.1) is 0 Å². The Labute approximate surface area is 123 Å². The third-order valence-electron chi connectivity index (χ3n) is 3.00. The topological polar surface area (TPSA) is 102 Å². The molecule has 0 aliphatic carbocycles. The van der Waals surface area contributed by atoms with Gasteiger partial charge in [0.15, 0.2) is 0 Å². The number of nitrogens with one attached hydrogen (secondary N) is 1. The van der Waals surface area contributed by atoms with Gasteiger partial charge < -0.3 is 5.32 Å². The molecule has 0 radical (unpaired) electrons. The van der Waals surface area contributed by atoms with Gasteiger partial charge >= 0.3 is 0 Å². The molecule has 0 bridgehead atoms. The van der Waals surface area contributed by atoms with Crippen molar-refractivity contribution >= 4 is 21.6 Å². The van der Waals surface area contributed by atoms with E-state index in [1.54, 1.807) is 44.3 Å². The van der Waals surface area contributed by atoms with Crippen LogP contribution in [0.1, 0.15) is 21.6 Å². The van der Waals surface area contributed by atoms with E-state index in [1.807, 2.05) is 0 Å². The fraction of sp³-hybridized carbons (Fsp3) is 0.143. The second-order valence-corrected chi connectivity index (χ2v) is 6.15. The molecule has 0 atom stereocenters. The Balaban J connectivity index is 2.33. The lowest BCUT2D eigenvalue weighted by Crippen LogP contribution is -2.16. The van der Waals surface area contributed by atoms with Gasteiger partial charge in [-0.3, -0.25) is 9.78 Å². The summed E-state index contributed by atoms with van der Waals surface area (Å²) in [5.74, 6) is -0.357. The molecule has 1 aromatic carbocycles. The number of aryl methyl sites for hydroxylation is 2. The molecular weight excluding hydrogens is 290 g/mol. The number of carbonyl (C=O) groups is 1. The SMILES string of the molecule is Cc1ccc(NC(=O)c2cccnc2C)cc1S(N)(=O)=O. The lowest BCUT2D eigenvalue weighted by molar-refractivity contribution is 0.102. The average Bonchev–Trinajstić information content (AvgIpc) is 2.40. The number of benzene rings is 1. The number of nitrogens with two attached hydrogens (primary N) is 1. The van der Waals surface area contributed by atoms with Crippen molar-refractivity contribution in [2.24, 2.45) is 5.14 Å². The van der Waals surface area contributed by atoms with Crippen LogP contribution in [-0.2, 0) is 10.0 Å². The van der Waals surface area contributed by atoms with Crippen molar-refractivity contribution in [3.05, 3.63) is 53.3 Å². The fourth-order valence-electron chi connectivity index (χ4n) is 1.91. The molecule has 1 amide bonds. The number of amides is 1. The molecule has 3 N–H and O–H groups in total. The number of carbonyl (C=O) groups excluding carboxylic acids is 1. The minimum absolute atomic E-state index is 0.0109. The zero-order valence-corrected chi connectivity index (χ0v) is 12.4. The second-order valence-electron chi connectivity index (χ2n) is 4.62. The maximum atomic E-state index is 12.1. The van der Waals surface area contributed by atoms with Crippen LogP contribution in [0.25, 0.3) is 0 Å². The van der Waals surface area contributed by atoms with Crippen LogP contribution in [0.4, 0.5) is 5.69 Å². The number of primary sulfonamides is 1. The summed E-state index contributed by atoms with van der Waals surface area (Å²) in [6.07, 6.45) is 1.59. The van der Waals surface area contributed by atoms with Gasteiger partial charge in [-0.1, -0.05) is 6.07 Å². The molecule has 0 aliphatic rings. The van der Waals surface area contributed by atoms with Gasteiger partial charge in [0.25, 0.3) is 5.91 Å². The average molecular weight is 305 g/mol. The van der Waals surface area contributed by atoms with Crippen molar-refractivity contribution in [3.63, 3.8) is 0 Å². The zero-order valence-electron chi connectivity index (χ0n) is 11.6. The number of hydrogen-bond acceptors (Lipinski definition) is 4. The van der Waals surface area contributed by atoms with Crippen molar-refractivity contribution < 1.29 is 13.2 Å². The maximum Gasteiger partial charge on any atom is 0.257 e. The highest BCUT2D eigenvalue weighted by molar-refractivity contribution is 7.89. The Kier molecular flexibility index (Phi) is 4.06. The summed E-state index contributed by atoms with van der Waals surface area (Å²) < 4.78 is 22.9. The van der Waals surface area contributed by atoms with Gasteiger partial charge in [0, 0.05) is 17.6 Å². The molecule has 21 heavy (non-hydrogen) atoms. The molecule has 0 aliphatic heterocycles. The first kappa shape index (κ1) is 15.1. The Morgan fingerprint density at radius 1 is 1.24 bits per heavy atom. The Hall–Kier alpha value is -2.25. The van der Waals surface area contributed by atoms with E-state index < -0.39 is 10.0 Å². The predicted molar refractivity (Wildman–Crippen MR) is 79.5 cm³/mol. The lowest BCUT2D eigenvalue weighted by Gasteiger charge is -2.09. The zero-order chi connectivity index (χ0) is 15.6. The maximum absolute atomic E-state index is 12.1. The molecule has 1 heterocycles. The van der Waals surface area contributed by atoms with Crippen molar-refractivity contribution in [3.8, 4) is 0 Å². The Bertz CT molecular complexity index is 801. The van der Waals surface area contributed by atoms with E-state index in [2.05, 4.69) is 10.3 Å². The van der Waals surface area contributed by atoms with Gasteiger partial charge in [0.05, 0.1) is 10.5 Å². The molecule has 0 saturated heterocycles. The molecule has 0 unspecified atom stereocenters. The summed E-state index contributed by atoms with van der Waals surface area (Å²) in [5, 5.41) is 7.78. The first-order chi connectivity index (χ1) is 9.79. The van der Waals surface area contributed by atoms with Gasteiger partial charge in [0.2, 0.25) is 10.0 Å². The normalized spacial score (nSPS) is 11.2. The van der Waals surface area contributed by atoms with Gasteiger partial charge in [0.1, 0.15) is 0 Å². The monoisotopic (exact) mass is 305 g/mol. The number of anilines is 1. The summed E-state index contributed by atoms with van der Waals surface area (Å²) in [7, 11) is -3.83. The van der Waals surface area contributed by atoms with E-state index in [0.717, 1.165) is 0 Å².